The molecule has 4 rings (SSSR count). The SMILES string of the molecule is CN1CCC(=C2c3ccccc3C=Cc3ccccc32)CC1.Cl.O. The minimum absolute atomic E-state index is 0. The van der Waals surface area contributed by atoms with Gasteiger partial charge in [-0.2, -0.15) is 0 Å². The minimum atomic E-state index is 0. The first-order valence-electron chi connectivity index (χ1n) is 8.10. The van der Waals surface area contributed by atoms with Crippen LogP contribution in [0.2, 0.25) is 0 Å². The van der Waals surface area contributed by atoms with Crippen LogP contribution in [0.25, 0.3) is 17.7 Å². The van der Waals surface area contributed by atoms with Crippen molar-refractivity contribution in [3.05, 3.63) is 76.4 Å². The van der Waals surface area contributed by atoms with Crippen molar-refractivity contribution in [2.75, 3.05) is 20.1 Å². The van der Waals surface area contributed by atoms with E-state index in [1.165, 1.54) is 40.7 Å². The summed E-state index contributed by atoms with van der Waals surface area (Å²) in [5, 5.41) is 0. The van der Waals surface area contributed by atoms with Crippen LogP contribution in [0.5, 0.6) is 0 Å². The molecule has 24 heavy (non-hydrogen) atoms. The van der Waals surface area contributed by atoms with E-state index < -0.39 is 0 Å². The first-order valence-corrected chi connectivity index (χ1v) is 8.10. The van der Waals surface area contributed by atoms with Gasteiger partial charge in [-0.1, -0.05) is 66.3 Å². The van der Waals surface area contributed by atoms with E-state index in [4.69, 9.17) is 0 Å². The molecule has 0 amide bonds. The van der Waals surface area contributed by atoms with Gasteiger partial charge >= 0.3 is 0 Å². The van der Waals surface area contributed by atoms with Gasteiger partial charge in [0.2, 0.25) is 0 Å². The third kappa shape index (κ3) is 3.32. The van der Waals surface area contributed by atoms with Gasteiger partial charge in [0, 0.05) is 13.1 Å². The molecule has 2 aromatic carbocycles. The van der Waals surface area contributed by atoms with Gasteiger partial charge in [0.15, 0.2) is 0 Å². The van der Waals surface area contributed by atoms with Crippen LogP contribution < -0.4 is 0 Å². The maximum atomic E-state index is 2.43. The van der Waals surface area contributed by atoms with Crippen LogP contribution in [0.3, 0.4) is 0 Å². The molecule has 1 fully saturated rings. The smallest absolute Gasteiger partial charge is 0.00160 e. The van der Waals surface area contributed by atoms with Gasteiger partial charge in [0.05, 0.1) is 0 Å². The van der Waals surface area contributed by atoms with E-state index in [2.05, 4.69) is 72.6 Å². The van der Waals surface area contributed by atoms with Gasteiger partial charge < -0.3 is 10.4 Å². The molecule has 2 aliphatic rings. The Hall–Kier alpha value is -1.87. The third-order valence-electron chi connectivity index (χ3n) is 4.85. The molecule has 0 spiro atoms. The molecule has 1 aliphatic carbocycles. The summed E-state index contributed by atoms with van der Waals surface area (Å²) < 4.78 is 0. The maximum Gasteiger partial charge on any atom is 0.00160 e. The van der Waals surface area contributed by atoms with Crippen molar-refractivity contribution in [1.29, 1.82) is 0 Å². The molecular weight excluding hydrogens is 318 g/mol. The largest absolute Gasteiger partial charge is 0.412 e. The first kappa shape index (κ1) is 18.5. The molecule has 0 atom stereocenters. The van der Waals surface area contributed by atoms with E-state index in [0.717, 1.165) is 13.1 Å². The number of halogens is 1. The van der Waals surface area contributed by atoms with E-state index in [1.54, 1.807) is 5.57 Å². The van der Waals surface area contributed by atoms with Crippen molar-refractivity contribution in [2.24, 2.45) is 0 Å². The molecule has 2 aromatic rings. The molecule has 3 heteroatoms. The predicted octanol–water partition coefficient (Wildman–Crippen LogP) is 4.30. The van der Waals surface area contributed by atoms with Gasteiger partial charge in [-0.25, -0.2) is 0 Å². The van der Waals surface area contributed by atoms with Crippen LogP contribution in [-0.2, 0) is 0 Å². The van der Waals surface area contributed by atoms with Crippen molar-refractivity contribution >= 4 is 30.1 Å². The second kappa shape index (κ2) is 7.80. The Morgan fingerprint density at radius 3 is 1.71 bits per heavy atom. The highest BCUT2D eigenvalue weighted by molar-refractivity contribution is 5.94. The lowest BCUT2D eigenvalue weighted by Crippen LogP contribution is -2.27. The van der Waals surface area contributed by atoms with E-state index in [1.807, 2.05) is 0 Å². The predicted molar refractivity (Wildman–Crippen MR) is 105 cm³/mol. The number of piperidine rings is 1. The van der Waals surface area contributed by atoms with Crippen LogP contribution >= 0.6 is 12.4 Å². The fraction of sp³-hybridized carbons (Fsp3) is 0.238. The standard InChI is InChI=1S/C21H21N.ClH.H2O/c1-22-14-12-18(13-15-22)21-19-8-4-2-6-16(19)10-11-17-7-3-5-9-20(17)21;;/h2-11H,12-15H2,1H3;1H;1H2. The van der Waals surface area contributed by atoms with Crippen molar-refractivity contribution in [1.82, 2.24) is 4.90 Å². The number of likely N-dealkylation sites (tertiary alicyclic amines) is 1. The van der Waals surface area contributed by atoms with Crippen LogP contribution in [-0.4, -0.2) is 30.5 Å². The first-order chi connectivity index (χ1) is 10.8. The highest BCUT2D eigenvalue weighted by atomic mass is 35.5. The van der Waals surface area contributed by atoms with Crippen LogP contribution in [0.4, 0.5) is 0 Å². The molecule has 0 bridgehead atoms. The maximum absolute atomic E-state index is 2.43. The van der Waals surface area contributed by atoms with E-state index >= 15 is 0 Å². The summed E-state index contributed by atoms with van der Waals surface area (Å²) in [5.41, 5.74) is 8.54. The molecule has 0 saturated carbocycles. The molecule has 1 saturated heterocycles. The average molecular weight is 342 g/mol. The fourth-order valence-corrected chi connectivity index (χ4v) is 3.58. The quantitative estimate of drug-likeness (QED) is 0.600. The van der Waals surface area contributed by atoms with Crippen LogP contribution in [0.1, 0.15) is 35.1 Å². The zero-order chi connectivity index (χ0) is 14.9. The zero-order valence-electron chi connectivity index (χ0n) is 14.0. The highest BCUT2D eigenvalue weighted by Gasteiger charge is 2.20. The Kier molecular flexibility index (Phi) is 6.00. The number of fused-ring (bicyclic) bond motifs is 2. The van der Waals surface area contributed by atoms with Gasteiger partial charge in [-0.3, -0.25) is 0 Å². The fourth-order valence-electron chi connectivity index (χ4n) is 3.58. The molecule has 0 aromatic heterocycles. The van der Waals surface area contributed by atoms with Crippen molar-refractivity contribution in [3.8, 4) is 0 Å². The van der Waals surface area contributed by atoms with Crippen LogP contribution in [0.15, 0.2) is 54.1 Å². The summed E-state index contributed by atoms with van der Waals surface area (Å²) in [6.07, 6.45) is 6.87. The third-order valence-corrected chi connectivity index (χ3v) is 4.85. The van der Waals surface area contributed by atoms with Gasteiger partial charge in [0.1, 0.15) is 0 Å². The van der Waals surface area contributed by atoms with E-state index in [0.29, 0.717) is 0 Å². The summed E-state index contributed by atoms with van der Waals surface area (Å²) in [6.45, 7) is 2.33. The normalized spacial score (nSPS) is 16.4. The highest BCUT2D eigenvalue weighted by Crippen LogP contribution is 2.38. The lowest BCUT2D eigenvalue weighted by Gasteiger charge is -2.27. The molecule has 1 heterocycles. The molecule has 1 aliphatic heterocycles. The van der Waals surface area contributed by atoms with Gasteiger partial charge in [-0.15, -0.1) is 12.4 Å². The van der Waals surface area contributed by atoms with Crippen LogP contribution in [0, 0.1) is 0 Å². The molecule has 0 radical (unpaired) electrons. The summed E-state index contributed by atoms with van der Waals surface area (Å²) in [5.74, 6) is 0. The number of hydrogen-bond acceptors (Lipinski definition) is 1. The van der Waals surface area contributed by atoms with E-state index in [-0.39, 0.29) is 17.9 Å². The van der Waals surface area contributed by atoms with Crippen molar-refractivity contribution in [2.45, 2.75) is 12.8 Å². The number of hydrogen-bond donors (Lipinski definition) is 0. The lowest BCUT2D eigenvalue weighted by atomic mass is 9.86. The van der Waals surface area contributed by atoms with Crippen molar-refractivity contribution in [3.63, 3.8) is 0 Å². The summed E-state index contributed by atoms with van der Waals surface area (Å²) >= 11 is 0. The minimum Gasteiger partial charge on any atom is -0.412 e. The molecule has 2 nitrogen and oxygen atoms in total. The number of rotatable bonds is 0. The summed E-state index contributed by atoms with van der Waals surface area (Å²) in [7, 11) is 2.22. The molecular formula is C21H24ClNO. The topological polar surface area (TPSA) is 34.7 Å². The lowest BCUT2D eigenvalue weighted by molar-refractivity contribution is 0.313. The Bertz CT molecular complexity index is 717. The summed E-state index contributed by atoms with van der Waals surface area (Å²) in [6, 6.07) is 17.6. The number of benzene rings is 2. The number of nitrogens with zero attached hydrogens (tertiary/aromatic N) is 1. The van der Waals surface area contributed by atoms with Crippen molar-refractivity contribution < 1.29 is 5.48 Å². The Balaban J connectivity index is 0.00000104. The molecule has 126 valence electrons. The Morgan fingerprint density at radius 2 is 1.21 bits per heavy atom. The Morgan fingerprint density at radius 1 is 0.750 bits per heavy atom. The van der Waals surface area contributed by atoms with Gasteiger partial charge in [-0.05, 0) is 47.7 Å². The van der Waals surface area contributed by atoms with E-state index in [9.17, 15) is 0 Å². The second-order valence-electron chi connectivity index (χ2n) is 6.29. The second-order valence-corrected chi connectivity index (χ2v) is 6.29. The molecule has 0 unspecified atom stereocenters. The monoisotopic (exact) mass is 341 g/mol. The zero-order valence-corrected chi connectivity index (χ0v) is 14.8. The summed E-state index contributed by atoms with van der Waals surface area (Å²) in [4.78, 5) is 2.43. The molecule has 2 N–H and O–H groups in total. The average Bonchev–Trinajstić information content (AvgIpc) is 2.73. The van der Waals surface area contributed by atoms with Gasteiger partial charge in [0.25, 0.3) is 0 Å². The Labute approximate surface area is 150 Å².